The number of aromatic hydroxyl groups is 1. The number of nitrogens with zero attached hydrogens (tertiary/aromatic N) is 3. The van der Waals surface area contributed by atoms with Crippen molar-refractivity contribution in [3.8, 4) is 5.75 Å². The fraction of sp³-hybridized carbons (Fsp3) is 0.273. The van der Waals surface area contributed by atoms with Crippen LogP contribution in [0.15, 0.2) is 70.9 Å². The van der Waals surface area contributed by atoms with Gasteiger partial charge < -0.3 is 5.11 Å². The number of hydrogen-bond acceptors (Lipinski definition) is 4. The van der Waals surface area contributed by atoms with Crippen LogP contribution in [-0.2, 0) is 6.54 Å². The molecule has 0 bridgehead atoms. The first-order valence-electron chi connectivity index (χ1n) is 9.24. The lowest BCUT2D eigenvalue weighted by Crippen LogP contribution is -2.29. The number of likely N-dealkylation sites (tertiary alicyclic amines) is 1. The summed E-state index contributed by atoms with van der Waals surface area (Å²) >= 11 is 0. The zero-order valence-electron chi connectivity index (χ0n) is 14.8. The number of fused-ring (bicyclic) bond motifs is 1. The Morgan fingerprint density at radius 2 is 1.50 bits per heavy atom. The smallest absolute Gasteiger partial charge is 0.128 e. The van der Waals surface area contributed by atoms with E-state index in [0.29, 0.717) is 5.75 Å². The first-order chi connectivity index (χ1) is 12.8. The van der Waals surface area contributed by atoms with Crippen molar-refractivity contribution in [3.63, 3.8) is 0 Å². The number of piperidine rings is 1. The zero-order chi connectivity index (χ0) is 17.8. The standard InChI is InChI=1S/C22H23N3O/c26-22-17(16-25-13-7-2-8-14-25)15-21(19-11-5-6-12-20(19)22)24-23-18-9-3-1-4-10-18/h1,3-6,9-12,15,26H,2,7-8,13-14,16H2. The normalized spacial score (nSPS) is 15.7. The van der Waals surface area contributed by atoms with Crippen LogP contribution in [0.1, 0.15) is 24.8 Å². The molecular weight excluding hydrogens is 322 g/mol. The third-order valence-electron chi connectivity index (χ3n) is 4.95. The molecule has 0 atom stereocenters. The van der Waals surface area contributed by atoms with E-state index in [4.69, 9.17) is 0 Å². The van der Waals surface area contributed by atoms with Crippen molar-refractivity contribution < 1.29 is 5.11 Å². The zero-order valence-corrected chi connectivity index (χ0v) is 14.8. The van der Waals surface area contributed by atoms with E-state index >= 15 is 0 Å². The maximum Gasteiger partial charge on any atom is 0.128 e. The van der Waals surface area contributed by atoms with Crippen LogP contribution in [0.2, 0.25) is 0 Å². The molecule has 4 heteroatoms. The van der Waals surface area contributed by atoms with Gasteiger partial charge in [0.15, 0.2) is 0 Å². The Morgan fingerprint density at radius 3 is 2.27 bits per heavy atom. The maximum atomic E-state index is 10.8. The minimum Gasteiger partial charge on any atom is -0.507 e. The largest absolute Gasteiger partial charge is 0.507 e. The highest BCUT2D eigenvalue weighted by atomic mass is 16.3. The molecule has 0 radical (unpaired) electrons. The molecule has 0 aliphatic carbocycles. The lowest BCUT2D eigenvalue weighted by atomic mass is 10.0. The summed E-state index contributed by atoms with van der Waals surface area (Å²) in [5.74, 6) is 0.366. The van der Waals surface area contributed by atoms with Gasteiger partial charge in [-0.2, -0.15) is 5.11 Å². The summed E-state index contributed by atoms with van der Waals surface area (Å²) in [6, 6.07) is 19.6. The second-order valence-electron chi connectivity index (χ2n) is 6.82. The Balaban J connectivity index is 1.73. The number of azo groups is 1. The summed E-state index contributed by atoms with van der Waals surface area (Å²) < 4.78 is 0. The van der Waals surface area contributed by atoms with E-state index in [1.165, 1.54) is 19.3 Å². The van der Waals surface area contributed by atoms with Crippen molar-refractivity contribution in [1.29, 1.82) is 0 Å². The van der Waals surface area contributed by atoms with E-state index in [0.717, 1.165) is 47.3 Å². The molecule has 3 aromatic rings. The van der Waals surface area contributed by atoms with Gasteiger partial charge in [-0.15, -0.1) is 5.11 Å². The predicted molar refractivity (Wildman–Crippen MR) is 105 cm³/mol. The minimum absolute atomic E-state index is 0.366. The molecule has 1 aliphatic heterocycles. The molecule has 1 saturated heterocycles. The van der Waals surface area contributed by atoms with Crippen molar-refractivity contribution in [1.82, 2.24) is 4.90 Å². The first kappa shape index (κ1) is 16.7. The number of phenols is 1. The Morgan fingerprint density at radius 1 is 0.808 bits per heavy atom. The summed E-state index contributed by atoms with van der Waals surface area (Å²) in [4.78, 5) is 2.41. The fourth-order valence-corrected chi connectivity index (χ4v) is 3.57. The quantitative estimate of drug-likeness (QED) is 0.594. The Hall–Kier alpha value is -2.72. The van der Waals surface area contributed by atoms with Gasteiger partial charge in [-0.25, -0.2) is 0 Å². The van der Waals surface area contributed by atoms with Crippen molar-refractivity contribution >= 4 is 22.1 Å². The average Bonchev–Trinajstić information content (AvgIpc) is 2.71. The van der Waals surface area contributed by atoms with E-state index in [-0.39, 0.29) is 0 Å². The van der Waals surface area contributed by atoms with Crippen LogP contribution >= 0.6 is 0 Å². The van der Waals surface area contributed by atoms with Crippen molar-refractivity contribution in [3.05, 3.63) is 66.2 Å². The average molecular weight is 345 g/mol. The van der Waals surface area contributed by atoms with Crippen LogP contribution in [0.25, 0.3) is 10.8 Å². The van der Waals surface area contributed by atoms with E-state index in [2.05, 4.69) is 15.1 Å². The molecule has 0 amide bonds. The van der Waals surface area contributed by atoms with Gasteiger partial charge in [0.1, 0.15) is 5.75 Å². The second-order valence-corrected chi connectivity index (χ2v) is 6.82. The highest BCUT2D eigenvalue weighted by Crippen LogP contribution is 2.37. The van der Waals surface area contributed by atoms with Crippen LogP contribution in [0, 0.1) is 0 Å². The summed E-state index contributed by atoms with van der Waals surface area (Å²) in [6.07, 6.45) is 3.76. The van der Waals surface area contributed by atoms with Crippen molar-refractivity contribution in [2.75, 3.05) is 13.1 Å². The Labute approximate surface area is 153 Å². The third kappa shape index (κ3) is 3.60. The molecule has 0 saturated carbocycles. The maximum absolute atomic E-state index is 10.8. The van der Waals surface area contributed by atoms with Crippen LogP contribution in [0.3, 0.4) is 0 Å². The lowest BCUT2D eigenvalue weighted by Gasteiger charge is -2.27. The topological polar surface area (TPSA) is 48.2 Å². The summed E-state index contributed by atoms with van der Waals surface area (Å²) in [7, 11) is 0. The van der Waals surface area contributed by atoms with Crippen molar-refractivity contribution in [2.45, 2.75) is 25.8 Å². The van der Waals surface area contributed by atoms with Crippen molar-refractivity contribution in [2.24, 2.45) is 10.2 Å². The van der Waals surface area contributed by atoms with E-state index in [9.17, 15) is 5.11 Å². The molecule has 0 spiro atoms. The number of hydrogen-bond donors (Lipinski definition) is 1. The lowest BCUT2D eigenvalue weighted by molar-refractivity contribution is 0.219. The highest BCUT2D eigenvalue weighted by Gasteiger charge is 2.16. The SMILES string of the molecule is Oc1c(CN2CCCCC2)cc(N=Nc2ccccc2)c2ccccc12. The molecule has 132 valence electrons. The van der Waals surface area contributed by atoms with Gasteiger partial charge in [0.05, 0.1) is 11.4 Å². The van der Waals surface area contributed by atoms with Crippen LogP contribution < -0.4 is 0 Å². The monoisotopic (exact) mass is 345 g/mol. The van der Waals surface area contributed by atoms with E-state index in [1.807, 2.05) is 60.7 Å². The molecule has 1 aliphatic rings. The highest BCUT2D eigenvalue weighted by molar-refractivity contribution is 5.97. The minimum atomic E-state index is 0.366. The van der Waals surface area contributed by atoms with Gasteiger partial charge in [0, 0.05) is 22.9 Å². The molecule has 4 rings (SSSR count). The predicted octanol–water partition coefficient (Wildman–Crippen LogP) is 5.95. The van der Waals surface area contributed by atoms with Gasteiger partial charge in [0.2, 0.25) is 0 Å². The Bertz CT molecular complexity index is 915. The van der Waals surface area contributed by atoms with Crippen LogP contribution in [-0.4, -0.2) is 23.1 Å². The fourth-order valence-electron chi connectivity index (χ4n) is 3.57. The number of benzene rings is 3. The second kappa shape index (κ2) is 7.67. The number of rotatable bonds is 4. The number of phenolic OH excluding ortho intramolecular Hbond substituents is 1. The molecule has 0 unspecified atom stereocenters. The van der Waals surface area contributed by atoms with Crippen LogP contribution in [0.5, 0.6) is 5.75 Å². The van der Waals surface area contributed by atoms with E-state index < -0.39 is 0 Å². The van der Waals surface area contributed by atoms with E-state index in [1.54, 1.807) is 0 Å². The van der Waals surface area contributed by atoms with Gasteiger partial charge in [-0.1, -0.05) is 48.9 Å². The van der Waals surface area contributed by atoms with Gasteiger partial charge in [0.25, 0.3) is 0 Å². The molecule has 4 nitrogen and oxygen atoms in total. The summed E-state index contributed by atoms with van der Waals surface area (Å²) in [5, 5.41) is 21.4. The van der Waals surface area contributed by atoms with Gasteiger partial charge in [-0.3, -0.25) is 4.90 Å². The molecule has 3 aromatic carbocycles. The molecule has 1 N–H and O–H groups in total. The molecule has 1 heterocycles. The summed E-state index contributed by atoms with van der Waals surface area (Å²) in [6.45, 7) is 2.94. The molecule has 1 fully saturated rings. The first-order valence-corrected chi connectivity index (χ1v) is 9.24. The summed E-state index contributed by atoms with van der Waals surface area (Å²) in [5.41, 5.74) is 2.55. The molecule has 0 aromatic heterocycles. The third-order valence-corrected chi connectivity index (χ3v) is 4.95. The van der Waals surface area contributed by atoms with Gasteiger partial charge >= 0.3 is 0 Å². The molecular formula is C22H23N3O. The van der Waals surface area contributed by atoms with Gasteiger partial charge in [-0.05, 0) is 44.1 Å². The Kier molecular flexibility index (Phi) is 4.93. The van der Waals surface area contributed by atoms with Crippen LogP contribution in [0.4, 0.5) is 11.4 Å². The molecule has 26 heavy (non-hydrogen) atoms.